The molecule has 0 bridgehead atoms. The van der Waals surface area contributed by atoms with Gasteiger partial charge in [0.05, 0.1) is 36.3 Å². The first-order valence-electron chi connectivity index (χ1n) is 10.7. The second kappa shape index (κ2) is 9.03. The number of benzene rings is 2. The van der Waals surface area contributed by atoms with Crippen molar-refractivity contribution >= 4 is 50.9 Å². The molecule has 1 fully saturated rings. The highest BCUT2D eigenvalue weighted by Crippen LogP contribution is 2.31. The third-order valence-electron chi connectivity index (χ3n) is 5.73. The fourth-order valence-electron chi connectivity index (χ4n) is 3.96. The van der Waals surface area contributed by atoms with Gasteiger partial charge in [-0.15, -0.1) is 0 Å². The summed E-state index contributed by atoms with van der Waals surface area (Å²) < 4.78 is 10.8. The third-order valence-corrected chi connectivity index (χ3v) is 6.09. The van der Waals surface area contributed by atoms with Crippen molar-refractivity contribution in [3.8, 4) is 11.5 Å². The number of pyridine rings is 1. The maximum absolute atomic E-state index is 5.69. The largest absolute Gasteiger partial charge is 0.493 e. The molecule has 8 nitrogen and oxygen atoms in total. The highest BCUT2D eigenvalue weighted by Gasteiger charge is 2.20. The number of rotatable bonds is 4. The van der Waals surface area contributed by atoms with Gasteiger partial charge in [0.2, 0.25) is 0 Å². The van der Waals surface area contributed by atoms with Gasteiger partial charge >= 0.3 is 0 Å². The van der Waals surface area contributed by atoms with Crippen molar-refractivity contribution in [3.63, 3.8) is 0 Å². The summed E-state index contributed by atoms with van der Waals surface area (Å²) in [6.07, 6.45) is 1.83. The Morgan fingerprint density at radius 2 is 1.52 bits per heavy atom. The number of hydrogen-bond acceptors (Lipinski definition) is 7. The van der Waals surface area contributed by atoms with Crippen LogP contribution in [0.5, 0.6) is 11.5 Å². The fourth-order valence-corrected chi connectivity index (χ4v) is 4.26. The topological polar surface area (TPSA) is 75.6 Å². The minimum atomic E-state index is 0.624. The third kappa shape index (κ3) is 4.31. The van der Waals surface area contributed by atoms with Gasteiger partial charge in [-0.1, -0.05) is 6.07 Å². The van der Waals surface area contributed by atoms with E-state index in [4.69, 9.17) is 31.7 Å². The lowest BCUT2D eigenvalue weighted by Crippen LogP contribution is -2.50. The molecule has 1 saturated heterocycles. The number of thiocarbonyl (C=S) groups is 1. The zero-order valence-corrected chi connectivity index (χ0v) is 19.3. The summed E-state index contributed by atoms with van der Waals surface area (Å²) in [5.41, 5.74) is 3.96. The summed E-state index contributed by atoms with van der Waals surface area (Å²) in [7, 11) is 3.22. The van der Waals surface area contributed by atoms with Crippen LogP contribution in [-0.2, 0) is 0 Å². The summed E-state index contributed by atoms with van der Waals surface area (Å²) in [6, 6.07) is 15.6. The van der Waals surface area contributed by atoms with Crippen LogP contribution in [0.3, 0.4) is 0 Å². The average Bonchev–Trinajstić information content (AvgIpc) is 2.87. The van der Waals surface area contributed by atoms with Gasteiger partial charge in [0.15, 0.2) is 16.6 Å². The van der Waals surface area contributed by atoms with Gasteiger partial charge < -0.3 is 24.6 Å². The Morgan fingerprint density at radius 3 is 2.15 bits per heavy atom. The molecule has 0 saturated carbocycles. The van der Waals surface area contributed by atoms with Gasteiger partial charge in [-0.25, -0.2) is 15.0 Å². The molecular weight excluding hydrogens is 436 g/mol. The van der Waals surface area contributed by atoms with Crippen LogP contribution in [0.4, 0.5) is 11.5 Å². The molecule has 2 aromatic carbocycles. The predicted octanol–water partition coefficient (Wildman–Crippen LogP) is 3.71. The van der Waals surface area contributed by atoms with Crippen LogP contribution in [-0.4, -0.2) is 65.4 Å². The van der Waals surface area contributed by atoms with Crippen LogP contribution in [0, 0.1) is 0 Å². The molecule has 33 heavy (non-hydrogen) atoms. The zero-order chi connectivity index (χ0) is 22.8. The molecule has 4 aromatic rings. The number of anilines is 2. The van der Waals surface area contributed by atoms with E-state index in [9.17, 15) is 0 Å². The Labute approximate surface area is 197 Å². The fraction of sp³-hybridized carbons (Fsp3) is 0.250. The van der Waals surface area contributed by atoms with Crippen molar-refractivity contribution in [3.05, 3.63) is 54.7 Å². The van der Waals surface area contributed by atoms with Crippen LogP contribution in [0.2, 0.25) is 0 Å². The molecule has 0 spiro atoms. The molecule has 0 radical (unpaired) electrons. The van der Waals surface area contributed by atoms with E-state index in [2.05, 4.69) is 20.1 Å². The molecule has 1 aliphatic heterocycles. The van der Waals surface area contributed by atoms with E-state index in [0.717, 1.165) is 59.8 Å². The second-order valence-electron chi connectivity index (χ2n) is 7.72. The van der Waals surface area contributed by atoms with E-state index in [-0.39, 0.29) is 0 Å². The smallest absolute Gasteiger partial charge is 0.173 e. The number of hydrogen-bond donors (Lipinski definition) is 1. The van der Waals surface area contributed by atoms with Gasteiger partial charge in [-0.2, -0.15) is 0 Å². The highest BCUT2D eigenvalue weighted by atomic mass is 32.1. The minimum absolute atomic E-state index is 0.624. The number of nitrogens with one attached hydrogen (secondary N) is 1. The Kier molecular flexibility index (Phi) is 5.78. The molecule has 5 rings (SSSR count). The Hall–Kier alpha value is -3.72. The van der Waals surface area contributed by atoms with Gasteiger partial charge in [-0.05, 0) is 42.5 Å². The Balaban J connectivity index is 1.31. The molecule has 3 heterocycles. The highest BCUT2D eigenvalue weighted by molar-refractivity contribution is 7.80. The quantitative estimate of drug-likeness (QED) is 0.362. The van der Waals surface area contributed by atoms with Gasteiger partial charge in [0, 0.05) is 50.2 Å². The number of piperazine rings is 1. The number of nitrogens with zero attached hydrogens (tertiary/aromatic N) is 5. The van der Waals surface area contributed by atoms with E-state index in [1.165, 1.54) is 0 Å². The van der Waals surface area contributed by atoms with Crippen LogP contribution >= 0.6 is 12.2 Å². The van der Waals surface area contributed by atoms with Crippen molar-refractivity contribution in [1.82, 2.24) is 19.9 Å². The summed E-state index contributed by atoms with van der Waals surface area (Å²) in [6.45, 7) is 3.42. The molecule has 0 aliphatic carbocycles. The van der Waals surface area contributed by atoms with Crippen molar-refractivity contribution in [2.75, 3.05) is 50.6 Å². The Bertz CT molecular complexity index is 1310. The van der Waals surface area contributed by atoms with E-state index in [1.807, 2.05) is 54.7 Å². The predicted molar refractivity (Wildman–Crippen MR) is 134 cm³/mol. The van der Waals surface area contributed by atoms with Crippen LogP contribution in [0.1, 0.15) is 0 Å². The van der Waals surface area contributed by atoms with Crippen LogP contribution < -0.4 is 19.7 Å². The first kappa shape index (κ1) is 21.1. The van der Waals surface area contributed by atoms with E-state index in [0.29, 0.717) is 16.6 Å². The molecule has 168 valence electrons. The van der Waals surface area contributed by atoms with Crippen LogP contribution in [0.15, 0.2) is 54.7 Å². The van der Waals surface area contributed by atoms with Gasteiger partial charge in [0.25, 0.3) is 0 Å². The van der Waals surface area contributed by atoms with Crippen molar-refractivity contribution in [2.45, 2.75) is 0 Å². The number of fused-ring (bicyclic) bond motifs is 2. The van der Waals surface area contributed by atoms with E-state index in [1.54, 1.807) is 14.2 Å². The summed E-state index contributed by atoms with van der Waals surface area (Å²) >= 11 is 5.69. The molecule has 0 atom stereocenters. The molecule has 1 aliphatic rings. The molecule has 2 aromatic heterocycles. The van der Waals surface area contributed by atoms with E-state index >= 15 is 0 Å². The SMILES string of the molecule is COc1cc2nc3ccc(NC(=S)N4CCN(c5ccccn5)CC4)cc3nc2cc1OC. The van der Waals surface area contributed by atoms with Gasteiger partial charge in [-0.3, -0.25) is 0 Å². The summed E-state index contributed by atoms with van der Waals surface area (Å²) in [5.74, 6) is 2.26. The molecule has 9 heteroatoms. The molecular formula is C24H24N6O2S. The Morgan fingerprint density at radius 1 is 0.848 bits per heavy atom. The zero-order valence-electron chi connectivity index (χ0n) is 18.5. The van der Waals surface area contributed by atoms with Gasteiger partial charge in [0.1, 0.15) is 5.82 Å². The standard InChI is InChI=1S/C24H24N6O2S/c1-31-21-14-19-20(15-22(21)32-2)28-18-13-16(6-7-17(18)27-19)26-24(33)30-11-9-29(10-12-30)23-5-3-4-8-25-23/h3-8,13-15H,9-12H2,1-2H3,(H,26,33). The average molecular weight is 461 g/mol. The summed E-state index contributed by atoms with van der Waals surface area (Å²) in [4.78, 5) is 18.4. The number of aromatic nitrogens is 3. The van der Waals surface area contributed by atoms with E-state index < -0.39 is 0 Å². The second-order valence-corrected chi connectivity index (χ2v) is 8.10. The maximum atomic E-state index is 5.69. The lowest BCUT2D eigenvalue weighted by molar-refractivity contribution is 0.355. The maximum Gasteiger partial charge on any atom is 0.173 e. The van der Waals surface area contributed by atoms with Crippen LogP contribution in [0.25, 0.3) is 22.1 Å². The lowest BCUT2D eigenvalue weighted by atomic mass is 10.2. The molecule has 0 amide bonds. The minimum Gasteiger partial charge on any atom is -0.493 e. The van der Waals surface area contributed by atoms with Crippen molar-refractivity contribution < 1.29 is 9.47 Å². The number of methoxy groups -OCH3 is 2. The normalized spacial score (nSPS) is 13.9. The van der Waals surface area contributed by atoms with Crippen molar-refractivity contribution in [2.24, 2.45) is 0 Å². The monoisotopic (exact) mass is 460 g/mol. The lowest BCUT2D eigenvalue weighted by Gasteiger charge is -2.36. The first-order chi connectivity index (χ1) is 16.1. The summed E-state index contributed by atoms with van der Waals surface area (Å²) in [5, 5.41) is 4.06. The number of ether oxygens (including phenoxy) is 2. The first-order valence-corrected chi connectivity index (χ1v) is 11.1. The molecule has 0 unspecified atom stereocenters. The molecule has 1 N–H and O–H groups in total. The van der Waals surface area contributed by atoms with Crippen molar-refractivity contribution in [1.29, 1.82) is 0 Å².